The Hall–Kier alpha value is -3.93. The molecule has 1 saturated heterocycles. The molecule has 2 aromatic carbocycles. The smallest absolute Gasteiger partial charge is 0.139 e. The van der Waals surface area contributed by atoms with Crippen molar-refractivity contribution in [2.75, 3.05) is 18.0 Å². The van der Waals surface area contributed by atoms with E-state index in [2.05, 4.69) is 45.2 Å². The molecule has 0 saturated carbocycles. The topological polar surface area (TPSA) is 56.1 Å². The molecular formula is C27H25N5O. The summed E-state index contributed by atoms with van der Waals surface area (Å²) in [6, 6.07) is 22.5. The van der Waals surface area contributed by atoms with Gasteiger partial charge in [0.1, 0.15) is 24.5 Å². The van der Waals surface area contributed by atoms with E-state index in [1.54, 1.807) is 6.20 Å². The minimum absolute atomic E-state index is 0.429. The van der Waals surface area contributed by atoms with E-state index in [0.717, 1.165) is 52.3 Å². The van der Waals surface area contributed by atoms with Crippen LogP contribution in [-0.4, -0.2) is 32.6 Å². The fourth-order valence-corrected chi connectivity index (χ4v) is 4.55. The summed E-state index contributed by atoms with van der Waals surface area (Å²) in [6.07, 6.45) is 7.41. The van der Waals surface area contributed by atoms with Crippen molar-refractivity contribution in [1.82, 2.24) is 19.5 Å². The van der Waals surface area contributed by atoms with Crippen LogP contribution < -0.4 is 9.64 Å². The van der Waals surface area contributed by atoms with Crippen LogP contribution in [0.2, 0.25) is 0 Å². The van der Waals surface area contributed by atoms with Crippen LogP contribution in [0.4, 0.5) is 5.69 Å². The van der Waals surface area contributed by atoms with Gasteiger partial charge < -0.3 is 9.64 Å². The SMILES string of the molecule is c1ccc(COc2ccc3c(c2)ncn3-c2ccc3cccc(N4CCCCC4)c3n2)nc1. The predicted octanol–water partition coefficient (Wildman–Crippen LogP) is 5.54. The van der Waals surface area contributed by atoms with Crippen LogP contribution in [0.25, 0.3) is 27.8 Å². The van der Waals surface area contributed by atoms with Crippen LogP contribution in [0.15, 0.2) is 79.3 Å². The number of pyridine rings is 2. The van der Waals surface area contributed by atoms with Crippen molar-refractivity contribution in [2.24, 2.45) is 0 Å². The van der Waals surface area contributed by atoms with Crippen LogP contribution in [-0.2, 0) is 6.61 Å². The van der Waals surface area contributed by atoms with Gasteiger partial charge in [-0.25, -0.2) is 9.97 Å². The van der Waals surface area contributed by atoms with E-state index in [9.17, 15) is 0 Å². The number of ether oxygens (including phenoxy) is 1. The second-order valence-corrected chi connectivity index (χ2v) is 8.44. The highest BCUT2D eigenvalue weighted by atomic mass is 16.5. The maximum absolute atomic E-state index is 5.92. The highest BCUT2D eigenvalue weighted by molar-refractivity contribution is 5.92. The van der Waals surface area contributed by atoms with Crippen molar-refractivity contribution in [3.63, 3.8) is 0 Å². The van der Waals surface area contributed by atoms with Crippen LogP contribution >= 0.6 is 0 Å². The lowest BCUT2D eigenvalue weighted by Crippen LogP contribution is -2.29. The minimum Gasteiger partial charge on any atom is -0.487 e. The summed E-state index contributed by atoms with van der Waals surface area (Å²) in [7, 11) is 0. The molecule has 6 heteroatoms. The van der Waals surface area contributed by atoms with E-state index in [0.29, 0.717) is 6.61 Å². The third-order valence-corrected chi connectivity index (χ3v) is 6.26. The predicted molar refractivity (Wildman–Crippen MR) is 131 cm³/mol. The number of rotatable bonds is 5. The van der Waals surface area contributed by atoms with Crippen molar-refractivity contribution in [2.45, 2.75) is 25.9 Å². The Morgan fingerprint density at radius 1 is 0.848 bits per heavy atom. The molecule has 0 bridgehead atoms. The van der Waals surface area contributed by atoms with Gasteiger partial charge in [-0.15, -0.1) is 0 Å². The maximum atomic E-state index is 5.92. The van der Waals surface area contributed by atoms with Gasteiger partial charge in [0.2, 0.25) is 0 Å². The Morgan fingerprint density at radius 2 is 1.79 bits per heavy atom. The number of fused-ring (bicyclic) bond motifs is 2. The van der Waals surface area contributed by atoms with Crippen LogP contribution in [0.1, 0.15) is 25.0 Å². The number of para-hydroxylation sites is 1. The molecule has 33 heavy (non-hydrogen) atoms. The monoisotopic (exact) mass is 435 g/mol. The fourth-order valence-electron chi connectivity index (χ4n) is 4.55. The molecule has 6 rings (SSSR count). The second kappa shape index (κ2) is 8.54. The first kappa shape index (κ1) is 19.7. The lowest BCUT2D eigenvalue weighted by Gasteiger charge is -2.29. The highest BCUT2D eigenvalue weighted by Gasteiger charge is 2.15. The second-order valence-electron chi connectivity index (χ2n) is 8.44. The Morgan fingerprint density at radius 3 is 2.67 bits per heavy atom. The summed E-state index contributed by atoms with van der Waals surface area (Å²) >= 11 is 0. The molecule has 1 aliphatic heterocycles. The van der Waals surface area contributed by atoms with Crippen LogP contribution in [0, 0.1) is 0 Å². The van der Waals surface area contributed by atoms with E-state index in [-0.39, 0.29) is 0 Å². The lowest BCUT2D eigenvalue weighted by molar-refractivity contribution is 0.301. The van der Waals surface area contributed by atoms with Gasteiger partial charge in [0.15, 0.2) is 0 Å². The number of nitrogens with zero attached hydrogens (tertiary/aromatic N) is 5. The van der Waals surface area contributed by atoms with E-state index in [1.807, 2.05) is 47.3 Å². The average molecular weight is 436 g/mol. The van der Waals surface area contributed by atoms with Gasteiger partial charge in [-0.2, -0.15) is 0 Å². The van der Waals surface area contributed by atoms with E-state index in [4.69, 9.17) is 9.72 Å². The zero-order valence-electron chi connectivity index (χ0n) is 18.4. The summed E-state index contributed by atoms with van der Waals surface area (Å²) in [5.74, 6) is 1.65. The van der Waals surface area contributed by atoms with Gasteiger partial charge in [-0.3, -0.25) is 9.55 Å². The molecule has 0 unspecified atom stereocenters. The Bertz CT molecular complexity index is 1410. The summed E-state index contributed by atoms with van der Waals surface area (Å²) < 4.78 is 7.97. The first-order valence-corrected chi connectivity index (χ1v) is 11.5. The standard InChI is InChI=1S/C27H25N5O/c1-4-15-31(16-5-1)25-9-6-7-20-10-13-26(30-27(20)25)32-19-29-23-17-22(11-12-24(23)32)33-18-21-8-2-3-14-28-21/h2-3,6-14,17,19H,1,4-5,15-16,18H2. The Balaban J connectivity index is 1.32. The van der Waals surface area contributed by atoms with Gasteiger partial charge >= 0.3 is 0 Å². The molecule has 0 amide bonds. The lowest BCUT2D eigenvalue weighted by atomic mass is 10.1. The largest absolute Gasteiger partial charge is 0.487 e. The van der Waals surface area contributed by atoms with E-state index < -0.39 is 0 Å². The Kier molecular flexibility index (Phi) is 5.11. The fraction of sp³-hybridized carbons (Fsp3) is 0.222. The first-order chi connectivity index (χ1) is 16.3. The number of hydrogen-bond acceptors (Lipinski definition) is 5. The quantitative estimate of drug-likeness (QED) is 0.363. The Labute approximate surface area is 192 Å². The van der Waals surface area contributed by atoms with Crippen molar-refractivity contribution in [3.8, 4) is 11.6 Å². The van der Waals surface area contributed by atoms with Gasteiger partial charge in [0.25, 0.3) is 0 Å². The molecule has 4 heterocycles. The summed E-state index contributed by atoms with van der Waals surface area (Å²) in [4.78, 5) is 16.5. The molecule has 0 spiro atoms. The third-order valence-electron chi connectivity index (χ3n) is 6.26. The van der Waals surface area contributed by atoms with Crippen LogP contribution in [0.3, 0.4) is 0 Å². The molecule has 6 nitrogen and oxygen atoms in total. The molecular weight excluding hydrogens is 410 g/mol. The van der Waals surface area contributed by atoms with Gasteiger partial charge in [-0.1, -0.05) is 18.2 Å². The minimum atomic E-state index is 0.429. The maximum Gasteiger partial charge on any atom is 0.139 e. The van der Waals surface area contributed by atoms with Gasteiger partial charge in [0, 0.05) is 30.7 Å². The molecule has 0 atom stereocenters. The molecule has 3 aromatic heterocycles. The number of aromatic nitrogens is 4. The van der Waals surface area contributed by atoms with E-state index in [1.165, 1.54) is 24.9 Å². The zero-order chi connectivity index (χ0) is 22.0. The number of hydrogen-bond donors (Lipinski definition) is 0. The third kappa shape index (κ3) is 3.89. The summed E-state index contributed by atoms with van der Waals surface area (Å²) in [6.45, 7) is 2.62. The molecule has 164 valence electrons. The number of imidazole rings is 1. The zero-order valence-corrected chi connectivity index (χ0v) is 18.4. The van der Waals surface area contributed by atoms with Crippen molar-refractivity contribution in [3.05, 3.63) is 84.9 Å². The summed E-state index contributed by atoms with van der Waals surface area (Å²) in [5.41, 5.74) is 5.05. The highest BCUT2D eigenvalue weighted by Crippen LogP contribution is 2.30. The normalized spacial score (nSPS) is 14.1. The van der Waals surface area contributed by atoms with Gasteiger partial charge in [-0.05, 0) is 61.7 Å². The molecule has 0 N–H and O–H groups in total. The van der Waals surface area contributed by atoms with Crippen molar-refractivity contribution in [1.29, 1.82) is 0 Å². The van der Waals surface area contributed by atoms with E-state index >= 15 is 0 Å². The first-order valence-electron chi connectivity index (χ1n) is 11.5. The summed E-state index contributed by atoms with van der Waals surface area (Å²) in [5, 5.41) is 1.16. The number of benzene rings is 2. The number of anilines is 1. The molecule has 1 aliphatic rings. The average Bonchev–Trinajstić information content (AvgIpc) is 3.31. The van der Waals surface area contributed by atoms with Crippen molar-refractivity contribution < 1.29 is 4.74 Å². The number of piperidine rings is 1. The molecule has 1 fully saturated rings. The molecule has 0 radical (unpaired) electrons. The molecule has 0 aliphatic carbocycles. The van der Waals surface area contributed by atoms with Crippen LogP contribution in [0.5, 0.6) is 5.75 Å². The van der Waals surface area contributed by atoms with Gasteiger partial charge in [0.05, 0.1) is 27.9 Å². The molecule has 5 aromatic rings. The van der Waals surface area contributed by atoms with Crippen molar-refractivity contribution >= 4 is 27.6 Å².